The van der Waals surface area contributed by atoms with E-state index in [1.54, 1.807) is 4.90 Å². The molecule has 0 unspecified atom stereocenters. The van der Waals surface area contributed by atoms with Gasteiger partial charge in [0.25, 0.3) is 0 Å². The number of amides is 3. The molecular weight excluding hydrogens is 534 g/mol. The molecule has 3 N–H and O–H groups in total. The van der Waals surface area contributed by atoms with Crippen LogP contribution in [-0.2, 0) is 19.1 Å². The third kappa shape index (κ3) is 6.31. The largest absolute Gasteiger partial charge is 0.493 e. The van der Waals surface area contributed by atoms with Gasteiger partial charge in [0.15, 0.2) is 0 Å². The summed E-state index contributed by atoms with van der Waals surface area (Å²) in [6.07, 6.45) is 8.48. The van der Waals surface area contributed by atoms with Crippen LogP contribution in [-0.4, -0.2) is 97.2 Å². The Labute approximate surface area is 249 Å². The predicted molar refractivity (Wildman–Crippen MR) is 158 cm³/mol. The first-order valence-electron chi connectivity index (χ1n) is 16.2. The lowest BCUT2D eigenvalue weighted by Gasteiger charge is -2.45. The minimum atomic E-state index is -0.642. The highest BCUT2D eigenvalue weighted by atomic mass is 16.5. The summed E-state index contributed by atoms with van der Waals surface area (Å²) in [7, 11) is 0. The van der Waals surface area contributed by atoms with Crippen LogP contribution in [0.2, 0.25) is 0 Å². The van der Waals surface area contributed by atoms with Gasteiger partial charge in [-0.05, 0) is 57.6 Å². The van der Waals surface area contributed by atoms with Crippen molar-refractivity contribution < 1.29 is 23.9 Å². The molecule has 4 aliphatic heterocycles. The second kappa shape index (κ2) is 13.3. The van der Waals surface area contributed by atoms with Gasteiger partial charge in [-0.25, -0.2) is 0 Å². The highest BCUT2D eigenvalue weighted by molar-refractivity contribution is 5.94. The maximum Gasteiger partial charge on any atom is 0.246 e. The number of ether oxygens (including phenoxy) is 2. The van der Waals surface area contributed by atoms with Crippen LogP contribution >= 0.6 is 0 Å². The number of carbonyl (C=O) groups excluding carboxylic acids is 3. The molecule has 3 saturated heterocycles. The summed E-state index contributed by atoms with van der Waals surface area (Å²) >= 11 is 0. The van der Waals surface area contributed by atoms with Crippen molar-refractivity contribution in [2.24, 2.45) is 5.92 Å². The van der Waals surface area contributed by atoms with Crippen molar-refractivity contribution in [1.82, 2.24) is 25.8 Å². The SMILES string of the molecule is CCO[C@@H]1C[C@@H]2CN(C(=O)[C@@H](NC(=O)[C@@H]3CCCN3)C3CCCCC3)[C@H](C(=O)N[C@@H]3CCOc4ccccc43)CN2C1. The van der Waals surface area contributed by atoms with E-state index in [0.29, 0.717) is 32.7 Å². The Morgan fingerprint density at radius 3 is 2.64 bits per heavy atom. The Bertz CT molecular complexity index is 1120. The van der Waals surface area contributed by atoms with Gasteiger partial charge in [-0.2, -0.15) is 0 Å². The zero-order chi connectivity index (χ0) is 29.1. The number of benzene rings is 1. The van der Waals surface area contributed by atoms with Crippen LogP contribution in [0.15, 0.2) is 24.3 Å². The average molecular weight is 582 g/mol. The van der Waals surface area contributed by atoms with E-state index in [4.69, 9.17) is 9.47 Å². The number of rotatable bonds is 8. The van der Waals surface area contributed by atoms with Gasteiger partial charge in [0.2, 0.25) is 17.7 Å². The van der Waals surface area contributed by atoms with Crippen LogP contribution in [0.1, 0.15) is 76.3 Å². The highest BCUT2D eigenvalue weighted by Crippen LogP contribution is 2.34. The first-order valence-corrected chi connectivity index (χ1v) is 16.2. The van der Waals surface area contributed by atoms with E-state index >= 15 is 0 Å². The lowest BCUT2D eigenvalue weighted by atomic mass is 9.82. The Balaban J connectivity index is 1.25. The number of para-hydroxylation sites is 1. The molecule has 5 aliphatic rings. The zero-order valence-corrected chi connectivity index (χ0v) is 24.9. The molecule has 10 nitrogen and oxygen atoms in total. The van der Waals surface area contributed by atoms with Gasteiger partial charge in [-0.15, -0.1) is 0 Å². The fraction of sp³-hybridized carbons (Fsp3) is 0.719. The van der Waals surface area contributed by atoms with Gasteiger partial charge in [0.1, 0.15) is 17.8 Å². The van der Waals surface area contributed by atoms with Crippen molar-refractivity contribution in [3.8, 4) is 5.75 Å². The monoisotopic (exact) mass is 581 g/mol. The Kier molecular flexibility index (Phi) is 9.31. The second-order valence-corrected chi connectivity index (χ2v) is 12.7. The molecule has 1 aromatic rings. The summed E-state index contributed by atoms with van der Waals surface area (Å²) in [6.45, 7) is 5.70. The van der Waals surface area contributed by atoms with Gasteiger partial charge < -0.3 is 30.3 Å². The van der Waals surface area contributed by atoms with Crippen LogP contribution in [0.4, 0.5) is 0 Å². The van der Waals surface area contributed by atoms with Crippen molar-refractivity contribution in [2.45, 2.75) is 101 Å². The van der Waals surface area contributed by atoms with E-state index in [0.717, 1.165) is 75.8 Å². The number of hydrogen-bond donors (Lipinski definition) is 3. The van der Waals surface area contributed by atoms with E-state index in [9.17, 15) is 14.4 Å². The lowest BCUT2D eigenvalue weighted by Crippen LogP contribution is -2.66. The molecule has 3 amide bonds. The fourth-order valence-electron chi connectivity index (χ4n) is 7.80. The molecule has 6 atom stereocenters. The number of piperazine rings is 1. The summed E-state index contributed by atoms with van der Waals surface area (Å²) in [6, 6.07) is 6.28. The van der Waals surface area contributed by atoms with Crippen LogP contribution in [0.25, 0.3) is 0 Å². The number of carbonyl (C=O) groups is 3. The molecule has 0 spiro atoms. The van der Waals surface area contributed by atoms with Crippen molar-refractivity contribution in [3.63, 3.8) is 0 Å². The van der Waals surface area contributed by atoms with E-state index in [1.807, 2.05) is 31.2 Å². The number of nitrogens with zero attached hydrogens (tertiary/aromatic N) is 2. The fourth-order valence-corrected chi connectivity index (χ4v) is 7.80. The molecule has 230 valence electrons. The minimum Gasteiger partial charge on any atom is -0.493 e. The van der Waals surface area contributed by atoms with Crippen molar-refractivity contribution in [3.05, 3.63) is 29.8 Å². The predicted octanol–water partition coefficient (Wildman–Crippen LogP) is 2.13. The molecule has 0 bridgehead atoms. The third-order valence-corrected chi connectivity index (χ3v) is 10.0. The molecule has 4 heterocycles. The van der Waals surface area contributed by atoms with Gasteiger partial charge in [0, 0.05) is 44.3 Å². The van der Waals surface area contributed by atoms with Gasteiger partial charge in [-0.3, -0.25) is 19.3 Å². The molecule has 0 radical (unpaired) electrons. The van der Waals surface area contributed by atoms with Crippen LogP contribution < -0.4 is 20.7 Å². The van der Waals surface area contributed by atoms with E-state index < -0.39 is 12.1 Å². The average Bonchev–Trinajstić information content (AvgIpc) is 3.70. The molecule has 0 aromatic heterocycles. The van der Waals surface area contributed by atoms with E-state index in [-0.39, 0.29) is 47.9 Å². The minimum absolute atomic E-state index is 0.0838. The van der Waals surface area contributed by atoms with Crippen LogP contribution in [0.3, 0.4) is 0 Å². The van der Waals surface area contributed by atoms with Crippen molar-refractivity contribution in [1.29, 1.82) is 0 Å². The molecule has 4 fully saturated rings. The normalized spacial score (nSPS) is 30.6. The summed E-state index contributed by atoms with van der Waals surface area (Å²) < 4.78 is 11.8. The Morgan fingerprint density at radius 1 is 1.02 bits per heavy atom. The second-order valence-electron chi connectivity index (χ2n) is 12.7. The maximum atomic E-state index is 14.6. The molecule has 10 heteroatoms. The summed E-state index contributed by atoms with van der Waals surface area (Å²) in [5.74, 6) is 0.535. The molecule has 42 heavy (non-hydrogen) atoms. The smallest absolute Gasteiger partial charge is 0.246 e. The number of hydrogen-bond acceptors (Lipinski definition) is 7. The number of fused-ring (bicyclic) bond motifs is 2. The van der Waals surface area contributed by atoms with E-state index in [2.05, 4.69) is 20.9 Å². The third-order valence-electron chi connectivity index (χ3n) is 10.0. The van der Waals surface area contributed by atoms with Crippen LogP contribution in [0.5, 0.6) is 5.75 Å². The molecule has 1 aromatic carbocycles. The topological polar surface area (TPSA) is 112 Å². The summed E-state index contributed by atoms with van der Waals surface area (Å²) in [4.78, 5) is 46.1. The van der Waals surface area contributed by atoms with Crippen molar-refractivity contribution in [2.75, 3.05) is 39.4 Å². The molecule has 1 saturated carbocycles. The summed E-state index contributed by atoms with van der Waals surface area (Å²) in [5, 5.41) is 9.75. The first-order chi connectivity index (χ1) is 20.5. The molecular formula is C32H47N5O5. The Morgan fingerprint density at radius 2 is 1.86 bits per heavy atom. The first kappa shape index (κ1) is 29.4. The quantitative estimate of drug-likeness (QED) is 0.431. The number of nitrogens with one attached hydrogen (secondary N) is 3. The summed E-state index contributed by atoms with van der Waals surface area (Å²) in [5.41, 5.74) is 0.970. The standard InChI is InChI=1S/C32H47N5O5/c1-2-41-23-17-22-18-37(32(40)29(21-9-4-3-5-10-21)35-30(38)26-12-8-15-33-26)27(20-36(22)19-23)31(39)34-25-14-16-42-28-13-7-6-11-24(25)28/h6-7,11,13,21-23,25-27,29,33H,2-5,8-10,12,14-20H2,1H3,(H,34,39)(H,35,38)/t22-,23-,25-,26+,27+,29+/m1/s1. The highest BCUT2D eigenvalue weighted by Gasteiger charge is 2.47. The van der Waals surface area contributed by atoms with Gasteiger partial charge in [-0.1, -0.05) is 37.5 Å². The van der Waals surface area contributed by atoms with Gasteiger partial charge in [0.05, 0.1) is 24.8 Å². The molecule has 6 rings (SSSR count). The Hall–Kier alpha value is -2.69. The van der Waals surface area contributed by atoms with Crippen molar-refractivity contribution >= 4 is 17.7 Å². The molecule has 1 aliphatic carbocycles. The maximum absolute atomic E-state index is 14.6. The van der Waals surface area contributed by atoms with E-state index in [1.165, 1.54) is 0 Å². The lowest BCUT2D eigenvalue weighted by molar-refractivity contribution is -0.149. The zero-order valence-electron chi connectivity index (χ0n) is 24.9. The van der Waals surface area contributed by atoms with Crippen LogP contribution in [0, 0.1) is 5.92 Å². The van der Waals surface area contributed by atoms with Gasteiger partial charge >= 0.3 is 0 Å².